The first kappa shape index (κ1) is 18.9. The molecule has 0 unspecified atom stereocenters. The average molecular weight is 377 g/mol. The van der Waals surface area contributed by atoms with Gasteiger partial charge in [0.15, 0.2) is 0 Å². The number of halogens is 3. The molecule has 2 amide bonds. The summed E-state index contributed by atoms with van der Waals surface area (Å²) in [4.78, 5) is 29.2. The quantitative estimate of drug-likeness (QED) is 0.860. The third kappa shape index (κ3) is 4.84. The number of pyridine rings is 1. The van der Waals surface area contributed by atoms with E-state index in [1.807, 2.05) is 6.92 Å². The number of anilines is 2. The molecule has 0 bridgehead atoms. The predicted molar refractivity (Wildman–Crippen MR) is 94.3 cm³/mol. The molecule has 0 spiro atoms. The van der Waals surface area contributed by atoms with Gasteiger partial charge in [-0.2, -0.15) is 13.2 Å². The molecule has 1 fully saturated rings. The fourth-order valence-corrected chi connectivity index (χ4v) is 2.76. The van der Waals surface area contributed by atoms with Crippen molar-refractivity contribution in [1.82, 2.24) is 4.98 Å². The summed E-state index contributed by atoms with van der Waals surface area (Å²) in [6, 6.07) is 10.3. The molecular formula is C19H18F3N3O2. The maximum absolute atomic E-state index is 13.0. The first-order valence-electron chi connectivity index (χ1n) is 8.45. The van der Waals surface area contributed by atoms with Gasteiger partial charge in [-0.3, -0.25) is 14.5 Å². The summed E-state index contributed by atoms with van der Waals surface area (Å²) < 4.78 is 38.9. The molecular weight excluding hydrogens is 359 g/mol. The van der Waals surface area contributed by atoms with Gasteiger partial charge in [-0.25, -0.2) is 4.98 Å². The van der Waals surface area contributed by atoms with E-state index in [2.05, 4.69) is 10.3 Å². The first-order valence-corrected chi connectivity index (χ1v) is 8.45. The molecule has 0 aliphatic heterocycles. The van der Waals surface area contributed by atoms with Crippen LogP contribution in [0.2, 0.25) is 0 Å². The Kier molecular flexibility index (Phi) is 5.16. The summed E-state index contributed by atoms with van der Waals surface area (Å²) in [6.07, 6.45) is -2.45. The van der Waals surface area contributed by atoms with Crippen LogP contribution in [0.4, 0.5) is 24.7 Å². The SMILES string of the molecule is C[C@H]1C[C@H]1C(=O)Nc1cccc(C(=O)N(CC(F)(F)F)c2ccccn2)c1. The zero-order valence-electron chi connectivity index (χ0n) is 14.5. The van der Waals surface area contributed by atoms with Gasteiger partial charge in [-0.1, -0.05) is 19.1 Å². The van der Waals surface area contributed by atoms with Crippen molar-refractivity contribution < 1.29 is 22.8 Å². The van der Waals surface area contributed by atoms with E-state index < -0.39 is 18.6 Å². The largest absolute Gasteiger partial charge is 0.406 e. The van der Waals surface area contributed by atoms with E-state index in [-0.39, 0.29) is 23.2 Å². The average Bonchev–Trinajstić information content (AvgIpc) is 3.36. The number of hydrogen-bond donors (Lipinski definition) is 1. The number of alkyl halides is 3. The van der Waals surface area contributed by atoms with Gasteiger partial charge < -0.3 is 5.32 Å². The third-order valence-corrected chi connectivity index (χ3v) is 4.33. The van der Waals surface area contributed by atoms with Crippen molar-refractivity contribution in [3.63, 3.8) is 0 Å². The van der Waals surface area contributed by atoms with Crippen LogP contribution in [0, 0.1) is 11.8 Å². The van der Waals surface area contributed by atoms with Crippen molar-refractivity contribution in [1.29, 1.82) is 0 Å². The molecule has 1 aromatic carbocycles. The second-order valence-corrected chi connectivity index (χ2v) is 6.58. The summed E-state index contributed by atoms with van der Waals surface area (Å²) in [5, 5.41) is 2.71. The predicted octanol–water partition coefficient (Wildman–Crippen LogP) is 3.89. The Hall–Kier alpha value is -2.90. The Morgan fingerprint density at radius 3 is 2.56 bits per heavy atom. The first-order chi connectivity index (χ1) is 12.7. The van der Waals surface area contributed by atoms with Crippen molar-refractivity contribution in [2.24, 2.45) is 11.8 Å². The molecule has 1 saturated carbocycles. The van der Waals surface area contributed by atoms with Crippen molar-refractivity contribution in [3.8, 4) is 0 Å². The van der Waals surface area contributed by atoms with Crippen LogP contribution in [-0.2, 0) is 4.79 Å². The van der Waals surface area contributed by atoms with E-state index in [0.717, 1.165) is 6.42 Å². The van der Waals surface area contributed by atoms with E-state index in [4.69, 9.17) is 0 Å². The molecule has 1 aliphatic rings. The van der Waals surface area contributed by atoms with Crippen LogP contribution in [0.15, 0.2) is 48.7 Å². The summed E-state index contributed by atoms with van der Waals surface area (Å²) >= 11 is 0. The Morgan fingerprint density at radius 2 is 1.96 bits per heavy atom. The molecule has 142 valence electrons. The second kappa shape index (κ2) is 7.38. The van der Waals surface area contributed by atoms with Crippen LogP contribution >= 0.6 is 0 Å². The van der Waals surface area contributed by atoms with Gasteiger partial charge in [0.25, 0.3) is 5.91 Å². The number of carbonyl (C=O) groups excluding carboxylic acids is 2. The van der Waals surface area contributed by atoms with E-state index >= 15 is 0 Å². The van der Waals surface area contributed by atoms with Crippen LogP contribution in [0.5, 0.6) is 0 Å². The van der Waals surface area contributed by atoms with Crippen molar-refractivity contribution in [2.45, 2.75) is 19.5 Å². The lowest BCUT2D eigenvalue weighted by Crippen LogP contribution is -2.39. The zero-order chi connectivity index (χ0) is 19.6. The molecule has 1 aliphatic carbocycles. The molecule has 0 radical (unpaired) electrons. The van der Waals surface area contributed by atoms with Gasteiger partial charge in [-0.05, 0) is 42.7 Å². The molecule has 3 rings (SSSR count). The highest BCUT2D eigenvalue weighted by Gasteiger charge is 2.39. The fourth-order valence-electron chi connectivity index (χ4n) is 2.76. The third-order valence-electron chi connectivity index (χ3n) is 4.33. The zero-order valence-corrected chi connectivity index (χ0v) is 14.5. The molecule has 1 aromatic heterocycles. The van der Waals surface area contributed by atoms with Gasteiger partial charge in [0.05, 0.1) is 0 Å². The Bertz CT molecular complexity index is 840. The Labute approximate surface area is 154 Å². The monoisotopic (exact) mass is 377 g/mol. The van der Waals surface area contributed by atoms with Crippen LogP contribution < -0.4 is 10.2 Å². The van der Waals surface area contributed by atoms with E-state index in [9.17, 15) is 22.8 Å². The number of amides is 2. The molecule has 2 atom stereocenters. The molecule has 27 heavy (non-hydrogen) atoms. The van der Waals surface area contributed by atoms with E-state index in [0.29, 0.717) is 16.5 Å². The normalized spacial score (nSPS) is 18.7. The molecule has 5 nitrogen and oxygen atoms in total. The maximum Gasteiger partial charge on any atom is 0.406 e. The molecule has 1 N–H and O–H groups in total. The van der Waals surface area contributed by atoms with Gasteiger partial charge in [0.1, 0.15) is 12.4 Å². The highest BCUT2D eigenvalue weighted by molar-refractivity contribution is 6.06. The van der Waals surface area contributed by atoms with Crippen molar-refractivity contribution >= 4 is 23.3 Å². The smallest absolute Gasteiger partial charge is 0.326 e. The minimum absolute atomic E-state index is 0.0338. The van der Waals surface area contributed by atoms with Crippen LogP contribution in [0.25, 0.3) is 0 Å². The maximum atomic E-state index is 13.0. The molecule has 8 heteroatoms. The lowest BCUT2D eigenvalue weighted by molar-refractivity contribution is -0.119. The number of nitrogens with one attached hydrogen (secondary N) is 1. The number of benzene rings is 1. The van der Waals surface area contributed by atoms with Crippen molar-refractivity contribution in [3.05, 3.63) is 54.2 Å². The Morgan fingerprint density at radius 1 is 1.22 bits per heavy atom. The highest BCUT2D eigenvalue weighted by atomic mass is 19.4. The summed E-state index contributed by atoms with van der Waals surface area (Å²) in [5.74, 6) is -0.826. The lowest BCUT2D eigenvalue weighted by Gasteiger charge is -2.23. The van der Waals surface area contributed by atoms with Gasteiger partial charge >= 0.3 is 6.18 Å². The fraction of sp³-hybridized carbons (Fsp3) is 0.316. The molecule has 2 aromatic rings. The second-order valence-electron chi connectivity index (χ2n) is 6.58. The van der Waals surface area contributed by atoms with Crippen LogP contribution in [-0.4, -0.2) is 29.5 Å². The number of nitrogens with zero attached hydrogens (tertiary/aromatic N) is 2. The summed E-state index contributed by atoms with van der Waals surface area (Å²) in [5.41, 5.74) is 0.407. The number of aromatic nitrogens is 1. The number of rotatable bonds is 5. The van der Waals surface area contributed by atoms with Gasteiger partial charge in [0.2, 0.25) is 5.91 Å². The highest BCUT2D eigenvalue weighted by Crippen LogP contribution is 2.38. The Balaban J connectivity index is 1.83. The van der Waals surface area contributed by atoms with Crippen LogP contribution in [0.1, 0.15) is 23.7 Å². The lowest BCUT2D eigenvalue weighted by atomic mass is 10.1. The van der Waals surface area contributed by atoms with Crippen LogP contribution in [0.3, 0.4) is 0 Å². The van der Waals surface area contributed by atoms with Gasteiger partial charge in [0, 0.05) is 23.4 Å². The standard InChI is InChI=1S/C19H18F3N3O2/c1-12-9-15(12)17(26)24-14-6-4-5-13(10-14)18(27)25(11-19(20,21)22)16-7-2-3-8-23-16/h2-8,10,12,15H,9,11H2,1H3,(H,24,26)/t12-,15+/m0/s1. The van der Waals surface area contributed by atoms with Crippen molar-refractivity contribution in [2.75, 3.05) is 16.8 Å². The molecule has 0 saturated heterocycles. The number of hydrogen-bond acceptors (Lipinski definition) is 3. The number of carbonyl (C=O) groups is 2. The summed E-state index contributed by atoms with van der Waals surface area (Å²) in [7, 11) is 0. The van der Waals surface area contributed by atoms with Gasteiger partial charge in [-0.15, -0.1) is 0 Å². The van der Waals surface area contributed by atoms with E-state index in [1.54, 1.807) is 12.1 Å². The minimum atomic E-state index is -4.58. The van der Waals surface area contributed by atoms with E-state index in [1.165, 1.54) is 36.5 Å². The minimum Gasteiger partial charge on any atom is -0.326 e. The summed E-state index contributed by atoms with van der Waals surface area (Å²) in [6.45, 7) is 0.505. The topological polar surface area (TPSA) is 62.3 Å². The molecule has 1 heterocycles.